The van der Waals surface area contributed by atoms with Crippen molar-refractivity contribution >= 4 is 22.4 Å². The fraction of sp³-hybridized carbons (Fsp3) is 0.706. The molecule has 23 heavy (non-hydrogen) atoms. The zero-order valence-electron chi connectivity index (χ0n) is 13.4. The number of nitriles is 1. The highest BCUT2D eigenvalue weighted by Crippen LogP contribution is 2.37. The number of anilines is 1. The van der Waals surface area contributed by atoms with Crippen LogP contribution < -0.4 is 10.6 Å². The van der Waals surface area contributed by atoms with Crippen LogP contribution in [-0.2, 0) is 4.79 Å². The third kappa shape index (κ3) is 4.23. The lowest BCUT2D eigenvalue weighted by molar-refractivity contribution is -0.121. The van der Waals surface area contributed by atoms with E-state index in [1.807, 2.05) is 12.4 Å². The van der Waals surface area contributed by atoms with Crippen molar-refractivity contribution in [2.45, 2.75) is 69.7 Å². The summed E-state index contributed by atoms with van der Waals surface area (Å²) in [5, 5.41) is 15.2. The first-order valence-corrected chi connectivity index (χ1v) is 9.49. The van der Waals surface area contributed by atoms with Gasteiger partial charge in [0.25, 0.3) is 0 Å². The van der Waals surface area contributed by atoms with E-state index in [-0.39, 0.29) is 17.9 Å². The van der Waals surface area contributed by atoms with E-state index >= 15 is 0 Å². The SMILES string of the molecule is N#CNC1CCCC(C(=O)Nc2ncc(C3CCCCC3)s2)C1. The van der Waals surface area contributed by atoms with Crippen LogP contribution in [0.25, 0.3) is 0 Å². The Morgan fingerprint density at radius 3 is 2.83 bits per heavy atom. The molecule has 2 unspecified atom stereocenters. The fourth-order valence-corrected chi connectivity index (χ4v) is 4.77. The summed E-state index contributed by atoms with van der Waals surface area (Å²) < 4.78 is 0. The minimum absolute atomic E-state index is 0.0170. The average molecular weight is 332 g/mol. The van der Waals surface area contributed by atoms with Crippen molar-refractivity contribution in [3.63, 3.8) is 0 Å². The van der Waals surface area contributed by atoms with Crippen molar-refractivity contribution in [2.75, 3.05) is 5.32 Å². The van der Waals surface area contributed by atoms with Crippen LogP contribution in [0.5, 0.6) is 0 Å². The molecule has 1 aromatic heterocycles. The number of carbonyl (C=O) groups is 1. The quantitative estimate of drug-likeness (QED) is 0.650. The molecule has 1 heterocycles. The zero-order valence-corrected chi connectivity index (χ0v) is 14.2. The Labute approximate surface area is 141 Å². The van der Waals surface area contributed by atoms with Crippen LogP contribution in [-0.4, -0.2) is 16.9 Å². The Morgan fingerprint density at radius 1 is 1.22 bits per heavy atom. The molecule has 6 heteroatoms. The summed E-state index contributed by atoms with van der Waals surface area (Å²) in [6.07, 6.45) is 14.0. The van der Waals surface area contributed by atoms with E-state index < -0.39 is 0 Å². The summed E-state index contributed by atoms with van der Waals surface area (Å²) in [6, 6.07) is 0.138. The smallest absolute Gasteiger partial charge is 0.229 e. The Balaban J connectivity index is 1.55. The van der Waals surface area contributed by atoms with Gasteiger partial charge in [-0.2, -0.15) is 5.26 Å². The number of rotatable bonds is 4. The summed E-state index contributed by atoms with van der Waals surface area (Å²) in [5.74, 6) is 0.668. The van der Waals surface area contributed by atoms with Crippen LogP contribution in [0.2, 0.25) is 0 Å². The molecule has 0 aliphatic heterocycles. The molecule has 0 radical (unpaired) electrons. The molecular formula is C17H24N4OS. The predicted molar refractivity (Wildman–Crippen MR) is 91.1 cm³/mol. The molecule has 2 aliphatic rings. The van der Waals surface area contributed by atoms with Crippen LogP contribution in [0.1, 0.15) is 68.6 Å². The van der Waals surface area contributed by atoms with E-state index in [0.29, 0.717) is 5.92 Å². The first-order valence-electron chi connectivity index (χ1n) is 8.67. The highest BCUT2D eigenvalue weighted by atomic mass is 32.1. The number of thiazole rings is 1. The van der Waals surface area contributed by atoms with Crippen LogP contribution in [0.4, 0.5) is 5.13 Å². The van der Waals surface area contributed by atoms with Crippen molar-refractivity contribution < 1.29 is 4.79 Å². The molecule has 0 aromatic carbocycles. The molecule has 1 amide bonds. The summed E-state index contributed by atoms with van der Waals surface area (Å²) in [6.45, 7) is 0. The molecule has 2 atom stereocenters. The molecule has 2 aliphatic carbocycles. The van der Waals surface area contributed by atoms with Gasteiger partial charge in [0.2, 0.25) is 5.91 Å². The van der Waals surface area contributed by atoms with Gasteiger partial charge in [-0.3, -0.25) is 4.79 Å². The summed E-state index contributed by atoms with van der Waals surface area (Å²) in [4.78, 5) is 18.2. The molecular weight excluding hydrogens is 308 g/mol. The average Bonchev–Trinajstić information content (AvgIpc) is 3.05. The van der Waals surface area contributed by atoms with E-state index in [2.05, 4.69) is 15.6 Å². The molecule has 1 aromatic rings. The lowest BCUT2D eigenvalue weighted by Gasteiger charge is -2.27. The molecule has 0 spiro atoms. The fourth-order valence-electron chi connectivity index (χ4n) is 3.78. The lowest BCUT2D eigenvalue weighted by atomic mass is 9.85. The van der Waals surface area contributed by atoms with Crippen LogP contribution in [0.3, 0.4) is 0 Å². The highest BCUT2D eigenvalue weighted by molar-refractivity contribution is 7.15. The Morgan fingerprint density at radius 2 is 2.04 bits per heavy atom. The zero-order chi connectivity index (χ0) is 16.1. The van der Waals surface area contributed by atoms with Gasteiger partial charge in [0.15, 0.2) is 11.3 Å². The predicted octanol–water partition coefficient (Wildman–Crippen LogP) is 3.76. The second-order valence-corrected chi connectivity index (χ2v) is 7.77. The monoisotopic (exact) mass is 332 g/mol. The number of amides is 1. The molecule has 2 N–H and O–H groups in total. The highest BCUT2D eigenvalue weighted by Gasteiger charge is 2.28. The first-order chi connectivity index (χ1) is 11.3. The van der Waals surface area contributed by atoms with Crippen molar-refractivity contribution in [3.8, 4) is 6.19 Å². The minimum atomic E-state index is -0.0170. The van der Waals surface area contributed by atoms with E-state index in [0.717, 1.165) is 30.8 Å². The number of hydrogen-bond acceptors (Lipinski definition) is 5. The van der Waals surface area contributed by atoms with Crippen LogP contribution in [0, 0.1) is 17.4 Å². The van der Waals surface area contributed by atoms with Crippen molar-refractivity contribution in [1.82, 2.24) is 10.3 Å². The van der Waals surface area contributed by atoms with Gasteiger partial charge in [-0.25, -0.2) is 4.98 Å². The summed E-state index contributed by atoms with van der Waals surface area (Å²) >= 11 is 1.63. The number of aromatic nitrogens is 1. The van der Waals surface area contributed by atoms with Crippen LogP contribution in [0.15, 0.2) is 6.20 Å². The van der Waals surface area contributed by atoms with Gasteiger partial charge in [-0.15, -0.1) is 11.3 Å². The molecule has 124 valence electrons. The second-order valence-electron chi connectivity index (χ2n) is 6.71. The molecule has 5 nitrogen and oxygen atoms in total. The normalized spacial score (nSPS) is 25.5. The summed E-state index contributed by atoms with van der Waals surface area (Å²) in [5.41, 5.74) is 0. The van der Waals surface area contributed by atoms with Gasteiger partial charge in [-0.1, -0.05) is 25.7 Å². The number of carbonyl (C=O) groups excluding carboxylic acids is 1. The van der Waals surface area contributed by atoms with E-state index in [9.17, 15) is 4.79 Å². The van der Waals surface area contributed by atoms with Crippen molar-refractivity contribution in [1.29, 1.82) is 5.26 Å². The Kier molecular flexibility index (Phi) is 5.50. The maximum Gasteiger partial charge on any atom is 0.229 e. The standard InChI is InChI=1S/C17H24N4OS/c18-11-20-14-8-4-7-13(9-14)16(22)21-17-19-10-15(23-17)12-5-2-1-3-6-12/h10,12-14,20H,1-9H2,(H,19,21,22). The van der Waals surface area contributed by atoms with E-state index in [1.165, 1.54) is 37.0 Å². The third-order valence-electron chi connectivity index (χ3n) is 5.07. The topological polar surface area (TPSA) is 77.8 Å². The second kappa shape index (κ2) is 7.78. The van der Waals surface area contributed by atoms with Gasteiger partial charge >= 0.3 is 0 Å². The molecule has 2 saturated carbocycles. The van der Waals surface area contributed by atoms with Crippen LogP contribution >= 0.6 is 11.3 Å². The van der Waals surface area contributed by atoms with E-state index in [4.69, 9.17) is 5.26 Å². The molecule has 0 saturated heterocycles. The van der Waals surface area contributed by atoms with Crippen molar-refractivity contribution in [3.05, 3.63) is 11.1 Å². The van der Waals surface area contributed by atoms with Gasteiger partial charge in [0.05, 0.1) is 0 Å². The summed E-state index contributed by atoms with van der Waals surface area (Å²) in [7, 11) is 0. The van der Waals surface area contributed by atoms with Crippen molar-refractivity contribution in [2.24, 2.45) is 5.92 Å². The van der Waals surface area contributed by atoms with Gasteiger partial charge in [0, 0.05) is 23.0 Å². The van der Waals surface area contributed by atoms with Gasteiger partial charge < -0.3 is 10.6 Å². The van der Waals surface area contributed by atoms with Gasteiger partial charge in [0.1, 0.15) is 0 Å². The number of hydrogen-bond donors (Lipinski definition) is 2. The molecule has 0 bridgehead atoms. The Bertz CT molecular complexity index is 573. The third-order valence-corrected chi connectivity index (χ3v) is 6.15. The van der Waals surface area contributed by atoms with Gasteiger partial charge in [-0.05, 0) is 38.0 Å². The molecule has 3 rings (SSSR count). The van der Waals surface area contributed by atoms with E-state index in [1.54, 1.807) is 11.3 Å². The maximum absolute atomic E-state index is 12.4. The lowest BCUT2D eigenvalue weighted by Crippen LogP contribution is -2.36. The number of nitrogens with zero attached hydrogens (tertiary/aromatic N) is 2. The first kappa shape index (κ1) is 16.3. The maximum atomic E-state index is 12.4. The molecule has 2 fully saturated rings. The largest absolute Gasteiger partial charge is 0.321 e. The number of nitrogens with one attached hydrogen (secondary N) is 2. The Hall–Kier alpha value is -1.61. The minimum Gasteiger partial charge on any atom is -0.321 e.